The number of carbonyl (C=O) groups excluding carboxylic acids is 4. The lowest BCUT2D eigenvalue weighted by molar-refractivity contribution is 0.560. The summed E-state index contributed by atoms with van der Waals surface area (Å²) in [6, 6.07) is 0. The van der Waals surface area contributed by atoms with E-state index in [-0.39, 0.29) is 36.7 Å². The summed E-state index contributed by atoms with van der Waals surface area (Å²) in [6.07, 6.45) is 5.71. The predicted octanol–water partition coefficient (Wildman–Crippen LogP) is 0.491. The monoisotopic (exact) mass is 328 g/mol. The first-order valence-corrected chi connectivity index (χ1v) is 7.76. The average Bonchev–Trinajstić information content (AvgIpc) is 2.51. The van der Waals surface area contributed by atoms with E-state index in [1.807, 2.05) is 0 Å². The molecule has 0 radical (unpaired) electrons. The lowest BCUT2D eigenvalue weighted by Crippen LogP contribution is -2.15. The summed E-state index contributed by atoms with van der Waals surface area (Å²) >= 11 is 2.87. The molecule has 0 amide bonds. The maximum atomic E-state index is 10.1. The first-order valence-electron chi connectivity index (χ1n) is 5.66. The Labute approximate surface area is 129 Å². The van der Waals surface area contributed by atoms with Crippen LogP contribution in [-0.2, 0) is 19.2 Å². The van der Waals surface area contributed by atoms with Crippen LogP contribution in [0.2, 0.25) is 0 Å². The van der Waals surface area contributed by atoms with E-state index in [1.54, 1.807) is 0 Å². The number of rotatable bonds is 12. The number of hydrogen-bond donors (Lipinski definition) is 0. The fraction of sp³-hybridized carbons (Fsp3) is 0.636. The van der Waals surface area contributed by atoms with E-state index in [9.17, 15) is 19.2 Å². The molecule has 8 nitrogen and oxygen atoms in total. The standard InChI is InChI=1S/C11H12N4O4S2/c16-5-12-1-10(2-13-6-17)20-9-21-11(3-14-7-18)4-15-8-19/h10-11H,1-4,9H2. The van der Waals surface area contributed by atoms with E-state index in [1.165, 1.54) is 47.8 Å². The van der Waals surface area contributed by atoms with Gasteiger partial charge in [0.25, 0.3) is 0 Å². The summed E-state index contributed by atoms with van der Waals surface area (Å²) in [7, 11) is 0. The van der Waals surface area contributed by atoms with Crippen molar-refractivity contribution in [3.05, 3.63) is 0 Å². The largest absolute Gasteiger partial charge is 0.234 e. The Morgan fingerprint density at radius 2 is 0.905 bits per heavy atom. The van der Waals surface area contributed by atoms with E-state index in [4.69, 9.17) is 0 Å². The molecule has 0 saturated heterocycles. The van der Waals surface area contributed by atoms with Crippen molar-refractivity contribution in [2.75, 3.05) is 31.3 Å². The molecule has 0 saturated carbocycles. The second kappa shape index (κ2) is 14.6. The van der Waals surface area contributed by atoms with Gasteiger partial charge < -0.3 is 0 Å². The van der Waals surface area contributed by atoms with Crippen LogP contribution in [0.15, 0.2) is 20.0 Å². The molecule has 0 aromatic rings. The molecule has 10 heteroatoms. The van der Waals surface area contributed by atoms with Gasteiger partial charge in [-0.25, -0.2) is 39.1 Å². The molecule has 0 aliphatic carbocycles. The molecule has 0 aromatic heterocycles. The molecule has 0 aromatic carbocycles. The minimum Gasteiger partial charge on any atom is -0.211 e. The highest BCUT2D eigenvalue weighted by Crippen LogP contribution is 2.22. The minimum atomic E-state index is -0.148. The van der Waals surface area contributed by atoms with Gasteiger partial charge in [0.1, 0.15) is 0 Å². The van der Waals surface area contributed by atoms with Gasteiger partial charge >= 0.3 is 0 Å². The smallest absolute Gasteiger partial charge is 0.211 e. The number of thioether (sulfide) groups is 2. The Balaban J connectivity index is 4.32. The van der Waals surface area contributed by atoms with Crippen LogP contribution in [0, 0.1) is 0 Å². The van der Waals surface area contributed by atoms with E-state index in [0.717, 1.165) is 0 Å². The summed E-state index contributed by atoms with van der Waals surface area (Å²) in [6.45, 7) is 0.792. The maximum Gasteiger partial charge on any atom is 0.234 e. The number of hydrogen-bond acceptors (Lipinski definition) is 10. The molecule has 0 unspecified atom stereocenters. The van der Waals surface area contributed by atoms with Gasteiger partial charge in [-0.2, -0.15) is 0 Å². The van der Waals surface area contributed by atoms with E-state index in [0.29, 0.717) is 5.08 Å². The second-order valence-electron chi connectivity index (χ2n) is 3.42. The number of nitrogens with zero attached hydrogens (tertiary/aromatic N) is 4. The Morgan fingerprint density at radius 3 is 1.14 bits per heavy atom. The highest BCUT2D eigenvalue weighted by Gasteiger charge is 2.12. The molecular formula is C11H12N4O4S2. The number of aliphatic imine (C=N–C) groups is 4. The molecule has 0 aliphatic rings. The van der Waals surface area contributed by atoms with Gasteiger partial charge in [0.05, 0.1) is 26.2 Å². The first kappa shape index (κ1) is 19.2. The van der Waals surface area contributed by atoms with Crippen LogP contribution >= 0.6 is 23.5 Å². The molecule has 0 atom stereocenters. The van der Waals surface area contributed by atoms with Crippen LogP contribution in [0.3, 0.4) is 0 Å². The van der Waals surface area contributed by atoms with Crippen LogP contribution in [0.1, 0.15) is 0 Å². The van der Waals surface area contributed by atoms with Crippen molar-refractivity contribution in [3.63, 3.8) is 0 Å². The summed E-state index contributed by atoms with van der Waals surface area (Å²) in [5, 5.41) is 0.274. The topological polar surface area (TPSA) is 118 Å². The van der Waals surface area contributed by atoms with Crippen molar-refractivity contribution in [1.82, 2.24) is 0 Å². The molecule has 0 aliphatic heterocycles. The van der Waals surface area contributed by atoms with Gasteiger partial charge in [0.2, 0.25) is 24.3 Å². The Morgan fingerprint density at radius 1 is 0.619 bits per heavy atom. The quantitative estimate of drug-likeness (QED) is 0.292. The highest BCUT2D eigenvalue weighted by molar-refractivity contribution is 8.16. The zero-order valence-electron chi connectivity index (χ0n) is 10.9. The summed E-state index contributed by atoms with van der Waals surface area (Å²) < 4.78 is 0. The second-order valence-corrected chi connectivity index (χ2v) is 6.37. The van der Waals surface area contributed by atoms with Gasteiger partial charge in [-0.15, -0.1) is 23.5 Å². The number of isocyanates is 4. The zero-order valence-corrected chi connectivity index (χ0v) is 12.6. The van der Waals surface area contributed by atoms with Crippen molar-refractivity contribution < 1.29 is 19.2 Å². The fourth-order valence-electron chi connectivity index (χ4n) is 1.11. The predicted molar refractivity (Wildman–Crippen MR) is 79.6 cm³/mol. The van der Waals surface area contributed by atoms with Crippen molar-refractivity contribution in [3.8, 4) is 0 Å². The molecule has 0 bridgehead atoms. The molecule has 112 valence electrons. The molecular weight excluding hydrogens is 316 g/mol. The van der Waals surface area contributed by atoms with Gasteiger partial charge in [0, 0.05) is 15.6 Å². The van der Waals surface area contributed by atoms with Gasteiger partial charge in [-0.05, 0) is 0 Å². The van der Waals surface area contributed by atoms with Crippen molar-refractivity contribution >= 4 is 47.8 Å². The van der Waals surface area contributed by atoms with Gasteiger partial charge in [0.15, 0.2) is 0 Å². The fourth-order valence-corrected chi connectivity index (χ4v) is 3.69. The maximum absolute atomic E-state index is 10.1. The first-order chi connectivity index (χ1) is 10.3. The minimum absolute atomic E-state index is 0.148. The van der Waals surface area contributed by atoms with Crippen LogP contribution in [0.25, 0.3) is 0 Å². The summed E-state index contributed by atoms with van der Waals surface area (Å²) in [5.41, 5.74) is 0. The molecule has 0 spiro atoms. The Bertz CT molecular complexity index is 406. The SMILES string of the molecule is O=C=NCC(CN=C=O)SCSC(CN=C=O)CN=C=O. The highest BCUT2D eigenvalue weighted by atomic mass is 32.2. The lowest BCUT2D eigenvalue weighted by atomic mass is 10.4. The average molecular weight is 328 g/mol. The molecule has 21 heavy (non-hydrogen) atoms. The lowest BCUT2D eigenvalue weighted by Gasteiger charge is -2.13. The molecule has 0 heterocycles. The van der Waals surface area contributed by atoms with Crippen LogP contribution in [0.5, 0.6) is 0 Å². The zero-order chi connectivity index (χ0) is 15.8. The van der Waals surface area contributed by atoms with E-state index >= 15 is 0 Å². The molecule has 0 fully saturated rings. The Kier molecular flexibility index (Phi) is 13.4. The summed E-state index contributed by atoms with van der Waals surface area (Å²) in [4.78, 5) is 54.2. The molecule has 0 rings (SSSR count). The molecule has 0 N–H and O–H groups in total. The normalized spacial score (nSPS) is 11.8. The third kappa shape index (κ3) is 11.7. The van der Waals surface area contributed by atoms with Crippen LogP contribution in [-0.4, -0.2) is 66.1 Å². The van der Waals surface area contributed by atoms with Crippen molar-refractivity contribution in [2.45, 2.75) is 10.5 Å². The Hall–Kier alpha value is -1.78. The van der Waals surface area contributed by atoms with Crippen LogP contribution in [0.4, 0.5) is 0 Å². The summed E-state index contributed by atoms with van der Waals surface area (Å²) in [5.74, 6) is 0. The van der Waals surface area contributed by atoms with Gasteiger partial charge in [-0.3, -0.25) is 0 Å². The third-order valence-corrected chi connectivity index (χ3v) is 4.67. The van der Waals surface area contributed by atoms with Crippen molar-refractivity contribution in [1.29, 1.82) is 0 Å². The van der Waals surface area contributed by atoms with Crippen molar-refractivity contribution in [2.24, 2.45) is 20.0 Å². The third-order valence-electron chi connectivity index (χ3n) is 2.05. The van der Waals surface area contributed by atoms with Gasteiger partial charge in [-0.1, -0.05) is 0 Å². The van der Waals surface area contributed by atoms with E-state index < -0.39 is 0 Å². The van der Waals surface area contributed by atoms with Crippen LogP contribution < -0.4 is 0 Å². The van der Waals surface area contributed by atoms with E-state index in [2.05, 4.69) is 20.0 Å².